The van der Waals surface area contributed by atoms with E-state index in [2.05, 4.69) is 15.5 Å². The summed E-state index contributed by atoms with van der Waals surface area (Å²) in [5.74, 6) is 1.78. The summed E-state index contributed by atoms with van der Waals surface area (Å²) in [4.78, 5) is 13.9. The zero-order valence-corrected chi connectivity index (χ0v) is 11.6. The molecule has 0 aromatic carbocycles. The summed E-state index contributed by atoms with van der Waals surface area (Å²) in [6.07, 6.45) is 1.24. The van der Waals surface area contributed by atoms with Crippen molar-refractivity contribution in [3.8, 4) is 0 Å². The molecule has 2 rings (SSSR count). The van der Waals surface area contributed by atoms with E-state index in [4.69, 9.17) is 0 Å². The Morgan fingerprint density at radius 2 is 2.12 bits per heavy atom. The number of hydrogen-bond acceptors (Lipinski definition) is 3. The van der Waals surface area contributed by atoms with Gasteiger partial charge in [-0.05, 0) is 51.7 Å². The monoisotopic (exact) mass is 261 g/mol. The van der Waals surface area contributed by atoms with Gasteiger partial charge in [0.15, 0.2) is 0 Å². The number of nitrogens with zero attached hydrogens (tertiary/aromatic N) is 1. The fourth-order valence-corrected chi connectivity index (χ4v) is 2.82. The summed E-state index contributed by atoms with van der Waals surface area (Å²) in [5, 5.41) is 6.40. The Hall–Kier alpha value is -0.320. The lowest BCUT2D eigenvalue weighted by molar-refractivity contribution is -0.123. The number of halogens is 1. The van der Waals surface area contributed by atoms with Crippen molar-refractivity contribution in [1.82, 2.24) is 15.5 Å². The Bertz CT molecular complexity index is 260. The second-order valence-electron chi connectivity index (χ2n) is 5.42. The van der Waals surface area contributed by atoms with Crippen LogP contribution in [-0.2, 0) is 4.79 Å². The molecule has 2 unspecified atom stereocenters. The molecule has 2 atom stereocenters. The normalized spacial score (nSPS) is 28.6. The van der Waals surface area contributed by atoms with Crippen molar-refractivity contribution in [3.05, 3.63) is 0 Å². The van der Waals surface area contributed by atoms with Crippen LogP contribution in [0.1, 0.15) is 20.3 Å². The van der Waals surface area contributed by atoms with Gasteiger partial charge in [0.1, 0.15) is 0 Å². The van der Waals surface area contributed by atoms with Crippen molar-refractivity contribution in [2.24, 2.45) is 11.8 Å². The molecule has 2 heterocycles. The van der Waals surface area contributed by atoms with Gasteiger partial charge in [0.2, 0.25) is 5.91 Å². The summed E-state index contributed by atoms with van der Waals surface area (Å²) in [5.41, 5.74) is 0. The standard InChI is InChI=1S/C12H23N3O.ClH/c1-9(2)14-12(16)8-15-4-3-10-5-13-6-11(10)7-15;/h9-11,13H,3-8H2,1-2H3,(H,14,16);1H. The fraction of sp³-hybridized carbons (Fsp3) is 0.917. The smallest absolute Gasteiger partial charge is 0.234 e. The van der Waals surface area contributed by atoms with E-state index in [1.54, 1.807) is 0 Å². The quantitative estimate of drug-likeness (QED) is 0.777. The molecule has 5 heteroatoms. The molecule has 2 aliphatic rings. The van der Waals surface area contributed by atoms with E-state index < -0.39 is 0 Å². The lowest BCUT2D eigenvalue weighted by Crippen LogP contribution is -2.46. The molecule has 2 saturated heterocycles. The maximum atomic E-state index is 11.6. The van der Waals surface area contributed by atoms with E-state index >= 15 is 0 Å². The first-order chi connectivity index (χ1) is 7.65. The highest BCUT2D eigenvalue weighted by Gasteiger charge is 2.33. The molecule has 17 heavy (non-hydrogen) atoms. The molecular formula is C12H24ClN3O. The molecule has 100 valence electrons. The van der Waals surface area contributed by atoms with Crippen molar-refractivity contribution >= 4 is 18.3 Å². The van der Waals surface area contributed by atoms with Gasteiger partial charge in [-0.2, -0.15) is 0 Å². The van der Waals surface area contributed by atoms with Crippen LogP contribution >= 0.6 is 12.4 Å². The third kappa shape index (κ3) is 4.12. The lowest BCUT2D eigenvalue weighted by Gasteiger charge is -2.34. The summed E-state index contributed by atoms with van der Waals surface area (Å²) < 4.78 is 0. The molecule has 0 aromatic rings. The molecule has 1 amide bonds. The Morgan fingerprint density at radius 3 is 2.82 bits per heavy atom. The highest BCUT2D eigenvalue weighted by molar-refractivity contribution is 5.85. The second-order valence-corrected chi connectivity index (χ2v) is 5.42. The molecule has 0 spiro atoms. The fourth-order valence-electron chi connectivity index (χ4n) is 2.82. The van der Waals surface area contributed by atoms with E-state index in [9.17, 15) is 4.79 Å². The first kappa shape index (κ1) is 14.7. The van der Waals surface area contributed by atoms with E-state index in [0.29, 0.717) is 6.54 Å². The van der Waals surface area contributed by atoms with Crippen LogP contribution in [0, 0.1) is 11.8 Å². The molecule has 0 aliphatic carbocycles. The first-order valence-corrected chi connectivity index (χ1v) is 6.37. The SMILES string of the molecule is CC(C)NC(=O)CN1CCC2CNCC2C1.Cl. The number of hydrogen-bond donors (Lipinski definition) is 2. The second kappa shape index (κ2) is 6.57. The van der Waals surface area contributed by atoms with Gasteiger partial charge >= 0.3 is 0 Å². The average Bonchev–Trinajstić information content (AvgIpc) is 2.63. The zero-order valence-electron chi connectivity index (χ0n) is 10.7. The largest absolute Gasteiger partial charge is 0.353 e. The van der Waals surface area contributed by atoms with Gasteiger partial charge < -0.3 is 10.6 Å². The molecule has 4 nitrogen and oxygen atoms in total. The minimum atomic E-state index is 0. The van der Waals surface area contributed by atoms with Gasteiger partial charge in [-0.1, -0.05) is 0 Å². The van der Waals surface area contributed by atoms with E-state index in [1.807, 2.05) is 13.8 Å². The summed E-state index contributed by atoms with van der Waals surface area (Å²) >= 11 is 0. The van der Waals surface area contributed by atoms with E-state index in [-0.39, 0.29) is 24.4 Å². The first-order valence-electron chi connectivity index (χ1n) is 6.37. The molecule has 2 aliphatic heterocycles. The van der Waals surface area contributed by atoms with Crippen LogP contribution in [0.3, 0.4) is 0 Å². The number of likely N-dealkylation sites (tertiary alicyclic amines) is 1. The number of rotatable bonds is 3. The number of piperidine rings is 1. The summed E-state index contributed by atoms with van der Waals surface area (Å²) in [7, 11) is 0. The molecule has 2 N–H and O–H groups in total. The Labute approximate surface area is 110 Å². The summed E-state index contributed by atoms with van der Waals surface area (Å²) in [6.45, 7) is 9.05. The zero-order chi connectivity index (χ0) is 11.5. The van der Waals surface area contributed by atoms with Crippen LogP contribution in [0.2, 0.25) is 0 Å². The number of nitrogens with one attached hydrogen (secondary N) is 2. The molecule has 0 aromatic heterocycles. The maximum absolute atomic E-state index is 11.6. The molecular weight excluding hydrogens is 238 g/mol. The minimum Gasteiger partial charge on any atom is -0.353 e. The number of carbonyl (C=O) groups excluding carboxylic acids is 1. The molecule has 0 radical (unpaired) electrons. The van der Waals surface area contributed by atoms with E-state index in [0.717, 1.165) is 31.5 Å². The Balaban J connectivity index is 0.00000144. The molecule has 2 fully saturated rings. The highest BCUT2D eigenvalue weighted by Crippen LogP contribution is 2.25. The van der Waals surface area contributed by atoms with Gasteiger partial charge in [-0.15, -0.1) is 12.4 Å². The maximum Gasteiger partial charge on any atom is 0.234 e. The average molecular weight is 262 g/mol. The third-order valence-corrected chi connectivity index (χ3v) is 3.61. The predicted molar refractivity (Wildman–Crippen MR) is 71.4 cm³/mol. The number of amides is 1. The summed E-state index contributed by atoms with van der Waals surface area (Å²) in [6, 6.07) is 0.248. The predicted octanol–water partition coefficient (Wildman–Crippen LogP) is 0.474. The number of fused-ring (bicyclic) bond motifs is 1. The van der Waals surface area contributed by atoms with Crippen LogP contribution in [0.5, 0.6) is 0 Å². The number of carbonyl (C=O) groups is 1. The van der Waals surface area contributed by atoms with Crippen LogP contribution in [0.4, 0.5) is 0 Å². The van der Waals surface area contributed by atoms with Crippen molar-refractivity contribution in [3.63, 3.8) is 0 Å². The lowest BCUT2D eigenvalue weighted by atomic mass is 9.89. The topological polar surface area (TPSA) is 44.4 Å². The van der Waals surface area contributed by atoms with Crippen LogP contribution < -0.4 is 10.6 Å². The van der Waals surface area contributed by atoms with Crippen molar-refractivity contribution in [2.45, 2.75) is 26.3 Å². The van der Waals surface area contributed by atoms with Gasteiger partial charge in [-0.25, -0.2) is 0 Å². The van der Waals surface area contributed by atoms with Gasteiger partial charge in [-0.3, -0.25) is 9.69 Å². The van der Waals surface area contributed by atoms with E-state index in [1.165, 1.54) is 13.0 Å². The van der Waals surface area contributed by atoms with Gasteiger partial charge in [0.05, 0.1) is 6.54 Å². The van der Waals surface area contributed by atoms with Crippen molar-refractivity contribution < 1.29 is 4.79 Å². The van der Waals surface area contributed by atoms with Crippen LogP contribution in [0.25, 0.3) is 0 Å². The Morgan fingerprint density at radius 1 is 1.41 bits per heavy atom. The van der Waals surface area contributed by atoms with Gasteiger partial charge in [0, 0.05) is 12.6 Å². The molecule has 0 bridgehead atoms. The Kier molecular flexibility index (Phi) is 5.70. The van der Waals surface area contributed by atoms with Gasteiger partial charge in [0.25, 0.3) is 0 Å². The van der Waals surface area contributed by atoms with Crippen molar-refractivity contribution in [2.75, 3.05) is 32.7 Å². The highest BCUT2D eigenvalue weighted by atomic mass is 35.5. The molecule has 0 saturated carbocycles. The van der Waals surface area contributed by atoms with Crippen LogP contribution in [-0.4, -0.2) is 49.6 Å². The van der Waals surface area contributed by atoms with Crippen LogP contribution in [0.15, 0.2) is 0 Å². The minimum absolute atomic E-state index is 0. The third-order valence-electron chi connectivity index (χ3n) is 3.61. The van der Waals surface area contributed by atoms with Crippen molar-refractivity contribution in [1.29, 1.82) is 0 Å².